The van der Waals surface area contributed by atoms with Crippen LogP contribution in [0.1, 0.15) is 208 Å². The SMILES string of the molecule is C=CC(=O)OCCC(COCC(CCOC(=O)C=C)(COC(=O)C=C)COC(=O)C=C)(COC(=O)C=C)COC(=O)C=C.C=CC(=O)Oc1ccc(C(C)CC)cc1.C=CCCCCOC(=O)C=C.C=Cc1ccc(C(C)CC)cc1.C=Cc1ccc(C=C)cc1.CCC(C)c1ccccc1.CCC(C)c1ccccc1.CCC(C)c1ccccc1. The largest absolute Gasteiger partial charge is 0.463 e. The van der Waals surface area contributed by atoms with Gasteiger partial charge in [-0.05, 0) is 150 Å². The fourth-order valence-corrected chi connectivity index (χ4v) is 10.1. The van der Waals surface area contributed by atoms with Gasteiger partial charge in [0, 0.05) is 48.6 Å². The Hall–Kier alpha value is -12.1. The zero-order valence-electron chi connectivity index (χ0n) is 73.8. The van der Waals surface area contributed by atoms with Crippen LogP contribution in [-0.4, -0.2) is 107 Å². The van der Waals surface area contributed by atoms with Gasteiger partial charge in [0.2, 0.25) is 0 Å². The van der Waals surface area contributed by atoms with Gasteiger partial charge < -0.3 is 42.6 Å². The van der Waals surface area contributed by atoms with Crippen LogP contribution in [0.3, 0.4) is 0 Å². The molecular weight excluding hydrogens is 1520 g/mol. The van der Waals surface area contributed by atoms with Gasteiger partial charge in [-0.2, -0.15) is 0 Å². The second kappa shape index (κ2) is 69.8. The van der Waals surface area contributed by atoms with Gasteiger partial charge in [-0.3, -0.25) is 0 Å². The zero-order chi connectivity index (χ0) is 91.1. The molecule has 0 fully saturated rings. The van der Waals surface area contributed by atoms with Crippen LogP contribution in [0.5, 0.6) is 5.75 Å². The van der Waals surface area contributed by atoms with Gasteiger partial charge in [-0.25, -0.2) is 38.4 Å². The maximum absolute atomic E-state index is 11.9. The third kappa shape index (κ3) is 53.2. The molecule has 0 aliphatic heterocycles. The number of ether oxygens (including phenoxy) is 9. The predicted molar refractivity (Wildman–Crippen MR) is 495 cm³/mol. The first-order valence-corrected chi connectivity index (χ1v) is 41.0. The molecule has 654 valence electrons. The van der Waals surface area contributed by atoms with Crippen molar-refractivity contribution in [1.29, 1.82) is 0 Å². The molecule has 0 saturated carbocycles. The molecule has 17 nitrogen and oxygen atoms in total. The van der Waals surface area contributed by atoms with E-state index < -0.39 is 52.6 Å². The van der Waals surface area contributed by atoms with E-state index in [1.54, 1.807) is 0 Å². The summed E-state index contributed by atoms with van der Waals surface area (Å²) in [5.41, 5.74) is 7.95. The Kier molecular flexibility index (Phi) is 64.0. The molecule has 0 bridgehead atoms. The fraction of sp³-hybridized carbons (Fsp3) is 0.346. The van der Waals surface area contributed by atoms with Crippen molar-refractivity contribution in [2.45, 2.75) is 163 Å². The van der Waals surface area contributed by atoms with Gasteiger partial charge in [-0.1, -0.05) is 318 Å². The second-order valence-electron chi connectivity index (χ2n) is 28.1. The molecule has 0 aliphatic rings. The van der Waals surface area contributed by atoms with Crippen LogP contribution in [0.25, 0.3) is 18.2 Å². The summed E-state index contributed by atoms with van der Waals surface area (Å²) in [5, 5.41) is 0. The van der Waals surface area contributed by atoms with Crippen LogP contribution < -0.4 is 4.74 Å². The van der Waals surface area contributed by atoms with Crippen LogP contribution in [0, 0.1) is 10.8 Å². The Morgan fingerprint density at radius 2 is 0.529 bits per heavy atom. The van der Waals surface area contributed by atoms with Gasteiger partial charge in [0.25, 0.3) is 0 Å². The van der Waals surface area contributed by atoms with Crippen molar-refractivity contribution in [2.24, 2.45) is 10.8 Å². The number of allylic oxidation sites excluding steroid dienone is 1. The summed E-state index contributed by atoms with van der Waals surface area (Å²) < 4.78 is 46.8. The topological polar surface area (TPSA) is 220 Å². The highest BCUT2D eigenvalue weighted by Crippen LogP contribution is 2.31. The third-order valence-corrected chi connectivity index (χ3v) is 19.0. The third-order valence-electron chi connectivity index (χ3n) is 19.0. The highest BCUT2D eigenvalue weighted by Gasteiger charge is 2.39. The lowest BCUT2D eigenvalue weighted by Gasteiger charge is -2.36. The Labute approximate surface area is 724 Å². The quantitative estimate of drug-likeness (QED) is 0.00866. The molecule has 0 aliphatic carbocycles. The molecular formula is C104H136O17. The highest BCUT2D eigenvalue weighted by molar-refractivity contribution is 5.84. The molecule has 5 atom stereocenters. The Morgan fingerprint density at radius 1 is 0.289 bits per heavy atom. The Bertz CT molecular complexity index is 3740. The summed E-state index contributed by atoms with van der Waals surface area (Å²) in [6.45, 7) is 61.6. The number of benzene rings is 6. The summed E-state index contributed by atoms with van der Waals surface area (Å²) in [4.78, 5) is 92.3. The first kappa shape index (κ1) is 111. The van der Waals surface area contributed by atoms with E-state index in [0.717, 1.165) is 79.3 Å². The van der Waals surface area contributed by atoms with E-state index in [2.05, 4.69) is 263 Å². The van der Waals surface area contributed by atoms with Crippen molar-refractivity contribution in [3.63, 3.8) is 0 Å². The molecule has 0 amide bonds. The van der Waals surface area contributed by atoms with Gasteiger partial charge >= 0.3 is 47.8 Å². The Balaban J connectivity index is 0. The molecule has 6 rings (SSSR count). The van der Waals surface area contributed by atoms with Gasteiger partial charge in [0.05, 0.1) is 43.9 Å². The van der Waals surface area contributed by atoms with Gasteiger partial charge in [0.15, 0.2) is 0 Å². The molecule has 5 unspecified atom stereocenters. The van der Waals surface area contributed by atoms with E-state index in [9.17, 15) is 38.4 Å². The number of hydrogen-bond acceptors (Lipinski definition) is 17. The van der Waals surface area contributed by atoms with Crippen LogP contribution in [0.2, 0.25) is 0 Å². The first-order chi connectivity index (χ1) is 58.1. The normalized spacial score (nSPS) is 11.2. The Morgan fingerprint density at radius 3 is 0.777 bits per heavy atom. The number of unbranched alkanes of at least 4 members (excludes halogenated alkanes) is 2. The van der Waals surface area contributed by atoms with E-state index in [4.69, 9.17) is 42.6 Å². The molecule has 6 aromatic carbocycles. The number of esters is 8. The number of rotatable bonds is 45. The predicted octanol–water partition coefficient (Wildman–Crippen LogP) is 23.9. The number of carbonyl (C=O) groups is 8. The summed E-state index contributed by atoms with van der Waals surface area (Å²) in [7, 11) is 0. The molecule has 17 heteroatoms. The average molecular weight is 1660 g/mol. The van der Waals surface area contributed by atoms with Gasteiger partial charge in [0.1, 0.15) is 32.2 Å². The van der Waals surface area contributed by atoms with E-state index in [1.165, 1.54) is 65.1 Å². The minimum Gasteiger partial charge on any atom is -0.463 e. The van der Waals surface area contributed by atoms with E-state index in [0.29, 0.717) is 41.9 Å². The highest BCUT2D eigenvalue weighted by atomic mass is 16.6. The van der Waals surface area contributed by atoms with Crippen molar-refractivity contribution in [3.8, 4) is 5.75 Å². The van der Waals surface area contributed by atoms with Crippen LogP contribution >= 0.6 is 0 Å². The fourth-order valence-electron chi connectivity index (χ4n) is 10.1. The summed E-state index contributed by atoms with van der Waals surface area (Å²) >= 11 is 0. The van der Waals surface area contributed by atoms with Crippen LogP contribution in [-0.2, 0) is 76.3 Å². The van der Waals surface area contributed by atoms with Crippen LogP contribution in [0.15, 0.2) is 297 Å². The van der Waals surface area contributed by atoms with E-state index >= 15 is 0 Å². The molecule has 0 spiro atoms. The van der Waals surface area contributed by atoms with E-state index in [-0.39, 0.29) is 71.7 Å². The zero-order valence-corrected chi connectivity index (χ0v) is 73.8. The van der Waals surface area contributed by atoms with E-state index in [1.807, 2.05) is 72.8 Å². The second-order valence-corrected chi connectivity index (χ2v) is 28.1. The number of hydrogen-bond donors (Lipinski definition) is 0. The van der Waals surface area contributed by atoms with Gasteiger partial charge in [-0.15, -0.1) is 6.58 Å². The van der Waals surface area contributed by atoms with Crippen molar-refractivity contribution < 1.29 is 81.0 Å². The lowest BCUT2D eigenvalue weighted by molar-refractivity contribution is -0.163. The molecule has 0 heterocycles. The van der Waals surface area contributed by atoms with Crippen molar-refractivity contribution in [1.82, 2.24) is 0 Å². The molecule has 0 saturated heterocycles. The average Bonchev–Trinajstić information content (AvgIpc) is 0.839. The molecule has 0 N–H and O–H groups in total. The lowest BCUT2D eigenvalue weighted by atomic mass is 9.85. The van der Waals surface area contributed by atoms with Crippen LogP contribution in [0.4, 0.5) is 0 Å². The monoisotopic (exact) mass is 1660 g/mol. The lowest BCUT2D eigenvalue weighted by Crippen LogP contribution is -2.44. The molecule has 0 aromatic heterocycles. The molecule has 6 aromatic rings. The standard InChI is InChI=1S/C30H38O13.C13H16O2.C12H16.3C10H14.C10H10.C9H14O2/c1-7-23(31)38-15-13-29(19-40-25(33)9-3,20-41-26(34)10-4)17-37-18-30(21-42-27(35)11-5,22-43-28(36)12-6)14-16-39-24(32)8-2;1-4-10(3)11-6-8-12(9-7-11)15-13(14)5-2;1-4-10(3)12-8-6-11(5-2)7-9-12;3*1-3-9(2)10-7-5-4-6-8-10;1-3-9-5-7-10(4-2)8-6-9;1-3-5-6-7-8-11-9(10)4-2/h7-12H,1-6,13-22H2;5-10H,2,4H2,1,3H3;5-10H,2,4H2,1,3H3;3*4-9H,3H2,1-2H3;3-8H,1-2H2;3-4H,1-2,5-8H2. The molecule has 121 heavy (non-hydrogen) atoms. The maximum Gasteiger partial charge on any atom is 0.335 e. The smallest absolute Gasteiger partial charge is 0.335 e. The number of carbonyl (C=O) groups excluding carboxylic acids is 8. The maximum atomic E-state index is 11.9. The summed E-state index contributed by atoms with van der Waals surface area (Å²) in [6, 6.07) is 56.2. The molecule has 0 radical (unpaired) electrons. The van der Waals surface area contributed by atoms with Crippen molar-refractivity contribution in [2.75, 3.05) is 59.5 Å². The minimum atomic E-state index is -1.28. The summed E-state index contributed by atoms with van der Waals surface area (Å²) in [5.74, 6) is -1.45. The van der Waals surface area contributed by atoms with Crippen molar-refractivity contribution >= 4 is 66.0 Å². The summed E-state index contributed by atoms with van der Waals surface area (Å²) in [6.07, 6.45) is 24.2. The first-order valence-electron chi connectivity index (χ1n) is 41.0. The minimum absolute atomic E-state index is 0.0255. The van der Waals surface area contributed by atoms with Crippen molar-refractivity contribution in [3.05, 3.63) is 342 Å².